The van der Waals surface area contributed by atoms with Crippen molar-refractivity contribution in [2.24, 2.45) is 0 Å². The summed E-state index contributed by atoms with van der Waals surface area (Å²) in [6, 6.07) is 1.90. The maximum atomic E-state index is 11.9. The maximum absolute atomic E-state index is 11.9. The fourth-order valence-electron chi connectivity index (χ4n) is 2.08. The van der Waals surface area contributed by atoms with Crippen molar-refractivity contribution in [2.45, 2.75) is 83.3 Å². The average molecular weight is 302 g/mol. The first-order valence-electron chi connectivity index (χ1n) is 7.96. The van der Waals surface area contributed by atoms with Gasteiger partial charge < -0.3 is 0 Å². The third-order valence-electron chi connectivity index (χ3n) is 3.42. The van der Waals surface area contributed by atoms with Gasteiger partial charge in [0.05, 0.1) is 6.07 Å². The summed E-state index contributed by atoms with van der Waals surface area (Å²) < 4.78 is 26.4. The molecule has 0 aromatic carbocycles. The molecule has 0 radical (unpaired) electrons. The van der Waals surface area contributed by atoms with E-state index in [0.717, 1.165) is 25.7 Å². The Labute approximate surface area is 125 Å². The van der Waals surface area contributed by atoms with Crippen LogP contribution >= 0.6 is 0 Å². The van der Waals surface area contributed by atoms with Gasteiger partial charge in [0.2, 0.25) is 10.0 Å². The van der Waals surface area contributed by atoms with Gasteiger partial charge in [0.1, 0.15) is 0 Å². The second kappa shape index (κ2) is 12.2. The number of sulfonamides is 1. The van der Waals surface area contributed by atoms with Gasteiger partial charge in [0.15, 0.2) is 5.25 Å². The molecule has 0 aliphatic carbocycles. The Morgan fingerprint density at radius 1 is 0.950 bits per heavy atom. The van der Waals surface area contributed by atoms with Crippen LogP contribution in [0.1, 0.15) is 78.1 Å². The summed E-state index contributed by atoms with van der Waals surface area (Å²) in [6.45, 7) is 4.65. The van der Waals surface area contributed by atoms with Crippen molar-refractivity contribution in [3.63, 3.8) is 0 Å². The lowest BCUT2D eigenvalue weighted by Gasteiger charge is -2.11. The lowest BCUT2D eigenvalue weighted by Crippen LogP contribution is -2.34. The van der Waals surface area contributed by atoms with Gasteiger partial charge in [-0.2, -0.15) is 5.26 Å². The monoisotopic (exact) mass is 302 g/mol. The smallest absolute Gasteiger partial charge is 0.214 e. The number of hydrogen-bond acceptors (Lipinski definition) is 3. The number of nitrogens with zero attached hydrogens (tertiary/aromatic N) is 1. The van der Waals surface area contributed by atoms with E-state index >= 15 is 0 Å². The molecule has 0 amide bonds. The van der Waals surface area contributed by atoms with Gasteiger partial charge in [-0.3, -0.25) is 0 Å². The fourth-order valence-corrected chi connectivity index (χ4v) is 3.32. The molecule has 0 aliphatic rings. The molecule has 0 spiro atoms. The molecule has 0 saturated heterocycles. The summed E-state index contributed by atoms with van der Waals surface area (Å²) in [5.74, 6) is 0. The van der Waals surface area contributed by atoms with Crippen molar-refractivity contribution in [3.05, 3.63) is 0 Å². The molecule has 0 bridgehead atoms. The second-order valence-corrected chi connectivity index (χ2v) is 7.27. The van der Waals surface area contributed by atoms with Crippen LogP contribution in [0, 0.1) is 11.3 Å². The zero-order chi connectivity index (χ0) is 15.3. The predicted molar refractivity (Wildman–Crippen MR) is 83.8 cm³/mol. The Morgan fingerprint density at radius 3 is 2.05 bits per heavy atom. The highest BCUT2D eigenvalue weighted by Crippen LogP contribution is 2.09. The van der Waals surface area contributed by atoms with Crippen molar-refractivity contribution in [2.75, 3.05) is 6.54 Å². The van der Waals surface area contributed by atoms with E-state index in [4.69, 9.17) is 5.26 Å². The van der Waals surface area contributed by atoms with Crippen LogP contribution in [0.2, 0.25) is 0 Å². The van der Waals surface area contributed by atoms with Gasteiger partial charge in [-0.15, -0.1) is 0 Å². The van der Waals surface area contributed by atoms with Gasteiger partial charge in [0.25, 0.3) is 0 Å². The van der Waals surface area contributed by atoms with Crippen LogP contribution in [0.25, 0.3) is 0 Å². The number of rotatable bonds is 13. The minimum Gasteiger partial charge on any atom is -0.214 e. The van der Waals surface area contributed by atoms with E-state index in [2.05, 4.69) is 11.6 Å². The van der Waals surface area contributed by atoms with E-state index in [0.29, 0.717) is 13.0 Å². The number of nitriles is 1. The molecule has 118 valence electrons. The molecule has 0 saturated carbocycles. The normalized spacial score (nSPS) is 13.1. The number of unbranched alkanes of at least 4 members (excludes halogenated alkanes) is 7. The minimum absolute atomic E-state index is 0.430. The van der Waals surface area contributed by atoms with Crippen LogP contribution in [-0.2, 0) is 10.0 Å². The molecule has 1 atom stereocenters. The quantitative estimate of drug-likeness (QED) is 0.527. The van der Waals surface area contributed by atoms with Crippen molar-refractivity contribution >= 4 is 10.0 Å². The Morgan fingerprint density at radius 2 is 1.50 bits per heavy atom. The molecular formula is C15H30N2O2S. The van der Waals surface area contributed by atoms with Gasteiger partial charge >= 0.3 is 0 Å². The molecule has 20 heavy (non-hydrogen) atoms. The Kier molecular flexibility index (Phi) is 11.8. The first kappa shape index (κ1) is 19.4. The Bertz CT molecular complexity index is 361. The summed E-state index contributed by atoms with van der Waals surface area (Å²) in [7, 11) is -3.46. The SMILES string of the molecule is CCCCCCCCCNS(=O)(=O)C(C#N)CCCC. The van der Waals surface area contributed by atoms with E-state index in [9.17, 15) is 8.42 Å². The first-order valence-corrected chi connectivity index (χ1v) is 9.51. The second-order valence-electron chi connectivity index (χ2n) is 5.32. The molecule has 0 fully saturated rings. The maximum Gasteiger partial charge on any atom is 0.227 e. The van der Waals surface area contributed by atoms with Gasteiger partial charge in [-0.05, 0) is 12.8 Å². The van der Waals surface area contributed by atoms with Crippen molar-refractivity contribution in [1.29, 1.82) is 5.26 Å². The zero-order valence-electron chi connectivity index (χ0n) is 13.0. The molecule has 5 heteroatoms. The third kappa shape index (κ3) is 9.33. The summed E-state index contributed by atoms with van der Waals surface area (Å²) in [5, 5.41) is 8.05. The molecule has 1 N–H and O–H groups in total. The van der Waals surface area contributed by atoms with Gasteiger partial charge in [0, 0.05) is 6.54 Å². The molecule has 0 aromatic rings. The number of nitrogens with one attached hydrogen (secondary N) is 1. The van der Waals surface area contributed by atoms with Crippen molar-refractivity contribution in [1.82, 2.24) is 4.72 Å². The molecule has 4 nitrogen and oxygen atoms in total. The largest absolute Gasteiger partial charge is 0.227 e. The average Bonchev–Trinajstić information content (AvgIpc) is 2.42. The summed E-state index contributed by atoms with van der Waals surface area (Å²) in [5.41, 5.74) is 0. The Balaban J connectivity index is 3.79. The van der Waals surface area contributed by atoms with E-state index in [1.807, 2.05) is 13.0 Å². The molecule has 1 unspecified atom stereocenters. The molecule has 0 rings (SSSR count). The molecule has 0 heterocycles. The topological polar surface area (TPSA) is 70.0 Å². The van der Waals surface area contributed by atoms with Crippen molar-refractivity contribution in [3.8, 4) is 6.07 Å². The Hall–Kier alpha value is -0.600. The summed E-state index contributed by atoms with van der Waals surface area (Å²) in [6.07, 6.45) is 10.2. The van der Waals surface area contributed by atoms with E-state index in [1.54, 1.807) is 0 Å². The van der Waals surface area contributed by atoms with Crippen LogP contribution < -0.4 is 4.72 Å². The number of hydrogen-bond donors (Lipinski definition) is 1. The van der Waals surface area contributed by atoms with E-state index in [1.165, 1.54) is 32.1 Å². The van der Waals surface area contributed by atoms with Gasteiger partial charge in [-0.1, -0.05) is 65.2 Å². The lowest BCUT2D eigenvalue weighted by atomic mass is 10.1. The summed E-state index contributed by atoms with van der Waals surface area (Å²) >= 11 is 0. The van der Waals surface area contributed by atoms with Crippen LogP contribution in [0.15, 0.2) is 0 Å². The predicted octanol–water partition coefficient (Wildman–Crippen LogP) is 3.74. The highest BCUT2D eigenvalue weighted by Gasteiger charge is 2.23. The highest BCUT2D eigenvalue weighted by atomic mass is 32.2. The first-order chi connectivity index (χ1) is 9.58. The third-order valence-corrected chi connectivity index (χ3v) is 5.12. The van der Waals surface area contributed by atoms with Crippen LogP contribution in [-0.4, -0.2) is 20.2 Å². The standard InChI is InChI=1S/C15H30N2O2S/c1-3-5-7-8-9-10-11-13-17-20(18,19)15(14-16)12-6-4-2/h15,17H,3-13H2,1-2H3. The highest BCUT2D eigenvalue weighted by molar-refractivity contribution is 7.90. The van der Waals surface area contributed by atoms with Crippen LogP contribution in [0.5, 0.6) is 0 Å². The lowest BCUT2D eigenvalue weighted by molar-refractivity contribution is 0.553. The van der Waals surface area contributed by atoms with E-state index in [-0.39, 0.29) is 0 Å². The minimum atomic E-state index is -3.46. The van der Waals surface area contributed by atoms with Crippen LogP contribution in [0.4, 0.5) is 0 Å². The molecular weight excluding hydrogens is 272 g/mol. The zero-order valence-corrected chi connectivity index (χ0v) is 13.8. The van der Waals surface area contributed by atoms with E-state index < -0.39 is 15.3 Å². The summed E-state index contributed by atoms with van der Waals surface area (Å²) in [4.78, 5) is 0. The van der Waals surface area contributed by atoms with Crippen LogP contribution in [0.3, 0.4) is 0 Å². The van der Waals surface area contributed by atoms with Crippen molar-refractivity contribution < 1.29 is 8.42 Å². The molecule has 0 aromatic heterocycles. The fraction of sp³-hybridized carbons (Fsp3) is 0.933. The molecule has 0 aliphatic heterocycles. The van der Waals surface area contributed by atoms with Gasteiger partial charge in [-0.25, -0.2) is 13.1 Å².